The fraction of sp³-hybridized carbons (Fsp3) is 0.143. The third-order valence-electron chi connectivity index (χ3n) is 2.42. The fourth-order valence-electron chi connectivity index (χ4n) is 1.46. The Hall–Kier alpha value is -2.36. The Morgan fingerprint density at radius 1 is 0.889 bits per heavy atom. The van der Waals surface area contributed by atoms with Crippen molar-refractivity contribution in [3.05, 3.63) is 72.6 Å². The van der Waals surface area contributed by atoms with Gasteiger partial charge in [-0.25, -0.2) is 0 Å². The van der Waals surface area contributed by atoms with Gasteiger partial charge in [0.1, 0.15) is 0 Å². The molecule has 0 bridgehead atoms. The van der Waals surface area contributed by atoms with E-state index in [2.05, 4.69) is 27.2 Å². The molecule has 2 rings (SSSR count). The number of nitrogens with one attached hydrogen (secondary N) is 2. The summed E-state index contributed by atoms with van der Waals surface area (Å²) in [6.45, 7) is 5.23. The second kappa shape index (κ2) is 6.39. The van der Waals surface area contributed by atoms with Crippen LogP contribution < -0.4 is 10.6 Å². The molecule has 0 saturated carbocycles. The van der Waals surface area contributed by atoms with E-state index < -0.39 is 0 Å². The van der Waals surface area contributed by atoms with Gasteiger partial charge in [-0.05, 0) is 24.3 Å². The van der Waals surface area contributed by atoms with Crippen LogP contribution in [0.2, 0.25) is 0 Å². The van der Waals surface area contributed by atoms with E-state index in [1.807, 2.05) is 36.4 Å². The monoisotopic (exact) mass is 240 g/mol. The van der Waals surface area contributed by atoms with Gasteiger partial charge in [0.05, 0.1) is 30.3 Å². The number of pyridine rings is 2. The molecule has 0 spiro atoms. The van der Waals surface area contributed by atoms with E-state index in [0.29, 0.717) is 13.1 Å². The van der Waals surface area contributed by atoms with Crippen molar-refractivity contribution in [3.63, 3.8) is 0 Å². The molecule has 2 aromatic rings. The Kier molecular flexibility index (Phi) is 4.30. The van der Waals surface area contributed by atoms with E-state index in [1.165, 1.54) is 0 Å². The molecule has 0 unspecified atom stereocenters. The van der Waals surface area contributed by atoms with Crippen molar-refractivity contribution >= 4 is 0 Å². The lowest BCUT2D eigenvalue weighted by molar-refractivity contribution is 0.669. The molecule has 0 amide bonds. The Bertz CT molecular complexity index is 436. The highest BCUT2D eigenvalue weighted by Crippen LogP contribution is 1.95. The van der Waals surface area contributed by atoms with Crippen molar-refractivity contribution in [2.24, 2.45) is 0 Å². The van der Waals surface area contributed by atoms with Gasteiger partial charge >= 0.3 is 0 Å². The molecule has 0 fully saturated rings. The zero-order chi connectivity index (χ0) is 12.6. The van der Waals surface area contributed by atoms with Crippen molar-refractivity contribution in [2.75, 3.05) is 0 Å². The molecule has 4 nitrogen and oxygen atoms in total. The maximum absolute atomic E-state index is 4.23. The van der Waals surface area contributed by atoms with E-state index >= 15 is 0 Å². The van der Waals surface area contributed by atoms with Gasteiger partial charge in [-0.1, -0.05) is 18.7 Å². The van der Waals surface area contributed by atoms with E-state index in [4.69, 9.17) is 0 Å². The SMILES string of the molecule is C=C(NCc1ccccn1)NCc1ccccn1. The minimum Gasteiger partial charge on any atom is -0.367 e. The molecule has 92 valence electrons. The van der Waals surface area contributed by atoms with Crippen molar-refractivity contribution in [2.45, 2.75) is 13.1 Å². The van der Waals surface area contributed by atoms with Crippen LogP contribution in [0.25, 0.3) is 0 Å². The third kappa shape index (κ3) is 3.90. The molecule has 4 heteroatoms. The van der Waals surface area contributed by atoms with Crippen LogP contribution in [0.4, 0.5) is 0 Å². The number of nitrogens with zero attached hydrogens (tertiary/aromatic N) is 2. The van der Waals surface area contributed by atoms with E-state index in [0.717, 1.165) is 17.2 Å². The van der Waals surface area contributed by atoms with Crippen molar-refractivity contribution in [1.82, 2.24) is 20.6 Å². The molecule has 0 radical (unpaired) electrons. The molecule has 2 N–H and O–H groups in total. The smallest absolute Gasteiger partial charge is 0.0918 e. The fourth-order valence-corrected chi connectivity index (χ4v) is 1.46. The van der Waals surface area contributed by atoms with E-state index in [1.54, 1.807) is 12.4 Å². The Balaban J connectivity index is 1.73. The molecule has 0 aliphatic heterocycles. The number of hydrogen-bond donors (Lipinski definition) is 2. The summed E-state index contributed by atoms with van der Waals surface area (Å²) in [7, 11) is 0. The average Bonchev–Trinajstić information content (AvgIpc) is 2.45. The molecule has 2 aromatic heterocycles. The quantitative estimate of drug-likeness (QED) is 0.808. The minimum atomic E-state index is 0.662. The molecule has 0 atom stereocenters. The van der Waals surface area contributed by atoms with Gasteiger partial charge in [0, 0.05) is 12.4 Å². The third-order valence-corrected chi connectivity index (χ3v) is 2.42. The first kappa shape index (κ1) is 12.1. The molecule has 0 aliphatic carbocycles. The van der Waals surface area contributed by atoms with Crippen LogP contribution >= 0.6 is 0 Å². The molecular formula is C14H16N4. The van der Waals surface area contributed by atoms with Crippen LogP contribution in [0.15, 0.2) is 61.2 Å². The Labute approximate surface area is 107 Å². The number of hydrogen-bond acceptors (Lipinski definition) is 4. The van der Waals surface area contributed by atoms with Crippen LogP contribution in [-0.2, 0) is 13.1 Å². The van der Waals surface area contributed by atoms with Gasteiger partial charge in [0.15, 0.2) is 0 Å². The first-order valence-corrected chi connectivity index (χ1v) is 5.81. The van der Waals surface area contributed by atoms with Gasteiger partial charge in [-0.2, -0.15) is 0 Å². The second-order valence-electron chi connectivity index (χ2n) is 3.83. The zero-order valence-electron chi connectivity index (χ0n) is 10.1. The maximum Gasteiger partial charge on any atom is 0.0918 e. The first-order chi connectivity index (χ1) is 8.84. The summed E-state index contributed by atoms with van der Waals surface area (Å²) in [4.78, 5) is 8.45. The second-order valence-corrected chi connectivity index (χ2v) is 3.83. The summed E-state index contributed by atoms with van der Waals surface area (Å²) in [6.07, 6.45) is 3.56. The van der Waals surface area contributed by atoms with Crippen LogP contribution in [-0.4, -0.2) is 9.97 Å². The summed E-state index contributed by atoms with van der Waals surface area (Å²) in [6, 6.07) is 11.7. The molecule has 18 heavy (non-hydrogen) atoms. The van der Waals surface area contributed by atoms with Crippen molar-refractivity contribution in [3.8, 4) is 0 Å². The summed E-state index contributed by atoms with van der Waals surface area (Å²) in [5.41, 5.74) is 1.97. The summed E-state index contributed by atoms with van der Waals surface area (Å²) >= 11 is 0. The molecule has 0 aromatic carbocycles. The van der Waals surface area contributed by atoms with Gasteiger partial charge in [-0.15, -0.1) is 0 Å². The predicted octanol–water partition coefficient (Wildman–Crippen LogP) is 1.83. The summed E-state index contributed by atoms with van der Waals surface area (Å²) in [5.74, 6) is 0.770. The van der Waals surface area contributed by atoms with E-state index in [9.17, 15) is 0 Å². The summed E-state index contributed by atoms with van der Waals surface area (Å²) < 4.78 is 0. The van der Waals surface area contributed by atoms with Gasteiger partial charge in [-0.3, -0.25) is 9.97 Å². The zero-order valence-corrected chi connectivity index (χ0v) is 10.1. The lowest BCUT2D eigenvalue weighted by atomic mass is 10.3. The van der Waals surface area contributed by atoms with E-state index in [-0.39, 0.29) is 0 Å². The van der Waals surface area contributed by atoms with Gasteiger partial charge in [0.2, 0.25) is 0 Å². The average molecular weight is 240 g/mol. The first-order valence-electron chi connectivity index (χ1n) is 5.81. The van der Waals surface area contributed by atoms with Crippen LogP contribution in [0.5, 0.6) is 0 Å². The molecular weight excluding hydrogens is 224 g/mol. The molecule has 0 aliphatic rings. The number of rotatable bonds is 6. The highest BCUT2D eigenvalue weighted by Gasteiger charge is 1.96. The Morgan fingerprint density at radius 2 is 1.39 bits per heavy atom. The van der Waals surface area contributed by atoms with Gasteiger partial charge < -0.3 is 10.6 Å². The number of aromatic nitrogens is 2. The summed E-state index contributed by atoms with van der Waals surface area (Å²) in [5, 5.41) is 6.35. The lowest BCUT2D eigenvalue weighted by Crippen LogP contribution is -2.25. The standard InChI is InChI=1S/C14H16N4/c1-12(17-10-13-6-2-4-8-15-13)18-11-14-7-3-5-9-16-14/h2-9,17-18H,1,10-11H2. The lowest BCUT2D eigenvalue weighted by Gasteiger charge is -2.11. The van der Waals surface area contributed by atoms with Gasteiger partial charge in [0.25, 0.3) is 0 Å². The predicted molar refractivity (Wildman–Crippen MR) is 71.3 cm³/mol. The molecule has 2 heterocycles. The van der Waals surface area contributed by atoms with Crippen molar-refractivity contribution in [1.29, 1.82) is 0 Å². The topological polar surface area (TPSA) is 49.8 Å². The minimum absolute atomic E-state index is 0.662. The van der Waals surface area contributed by atoms with Crippen LogP contribution in [0.3, 0.4) is 0 Å². The highest BCUT2D eigenvalue weighted by atomic mass is 15.1. The largest absolute Gasteiger partial charge is 0.367 e. The molecule has 0 saturated heterocycles. The van der Waals surface area contributed by atoms with Crippen LogP contribution in [0, 0.1) is 0 Å². The van der Waals surface area contributed by atoms with Crippen LogP contribution in [0.1, 0.15) is 11.4 Å². The van der Waals surface area contributed by atoms with Crippen molar-refractivity contribution < 1.29 is 0 Å². The Morgan fingerprint density at radius 3 is 1.78 bits per heavy atom. The normalized spacial score (nSPS) is 9.78. The maximum atomic E-state index is 4.23. The highest BCUT2D eigenvalue weighted by molar-refractivity contribution is 5.06.